The molecule has 3 aromatic rings. The number of hydrogen-bond acceptors (Lipinski definition) is 7. The maximum Gasteiger partial charge on any atom is 0.289 e. The van der Waals surface area contributed by atoms with Gasteiger partial charge >= 0.3 is 0 Å². The Hall–Kier alpha value is -3.72. The van der Waals surface area contributed by atoms with E-state index >= 15 is 0 Å². The molecule has 0 unspecified atom stereocenters. The number of hydrogen-bond donors (Lipinski definition) is 0. The fraction of sp³-hybridized carbons (Fsp3) is 0.174. The molecule has 0 amide bonds. The average Bonchev–Trinajstić information content (AvgIpc) is 3.13. The molecule has 2 aromatic carbocycles. The summed E-state index contributed by atoms with van der Waals surface area (Å²) in [6.45, 7) is 3.70. The van der Waals surface area contributed by atoms with Gasteiger partial charge in [-0.15, -0.1) is 0 Å². The topological polar surface area (TPSA) is 120 Å². The minimum Gasteiger partial charge on any atom is -0.493 e. The zero-order valence-corrected chi connectivity index (χ0v) is 20.2. The first-order valence-corrected chi connectivity index (χ1v) is 10.7. The number of carbonyl (C=O) groups excluding carboxylic acids is 1. The van der Waals surface area contributed by atoms with Gasteiger partial charge in [-0.05, 0) is 84.0 Å². The van der Waals surface area contributed by atoms with Crippen LogP contribution in [0.15, 0.2) is 48.0 Å². The van der Waals surface area contributed by atoms with Crippen molar-refractivity contribution in [3.63, 3.8) is 0 Å². The smallest absolute Gasteiger partial charge is 0.289 e. The molecule has 0 atom stereocenters. The van der Waals surface area contributed by atoms with Crippen LogP contribution in [0, 0.1) is 38.9 Å². The Morgan fingerprint density at radius 2 is 1.97 bits per heavy atom. The second kappa shape index (κ2) is 10.3. The third-order valence-electron chi connectivity index (χ3n) is 4.65. The first-order valence-electron chi connectivity index (χ1n) is 9.67. The molecule has 0 aliphatic carbocycles. The molecule has 0 saturated carbocycles. The molecule has 0 fully saturated rings. The summed E-state index contributed by atoms with van der Waals surface area (Å²) in [7, 11) is 1.49. The van der Waals surface area contributed by atoms with Crippen molar-refractivity contribution in [2.45, 2.75) is 20.5 Å². The summed E-state index contributed by atoms with van der Waals surface area (Å²) >= 11 is 2.08. The maximum atomic E-state index is 12.8. The number of nitriles is 1. The second-order valence-electron chi connectivity index (χ2n) is 7.06. The minimum atomic E-state index is -0.518. The first-order chi connectivity index (χ1) is 15.7. The summed E-state index contributed by atoms with van der Waals surface area (Å²) in [6.07, 6.45) is 1.48. The number of rotatable bonds is 7. The van der Waals surface area contributed by atoms with E-state index in [1.54, 1.807) is 44.2 Å². The highest BCUT2D eigenvalue weighted by Gasteiger charge is 2.17. The Morgan fingerprint density at radius 3 is 2.52 bits per heavy atom. The molecule has 0 N–H and O–H groups in total. The van der Waals surface area contributed by atoms with Crippen molar-refractivity contribution in [1.82, 2.24) is 9.78 Å². The summed E-state index contributed by atoms with van der Waals surface area (Å²) in [5.74, 6) is 0.387. The molecular formula is C23H19IN4O5. The fourth-order valence-electron chi connectivity index (χ4n) is 3.09. The molecule has 0 saturated heterocycles. The van der Waals surface area contributed by atoms with Crippen molar-refractivity contribution in [1.29, 1.82) is 5.26 Å². The highest BCUT2D eigenvalue weighted by molar-refractivity contribution is 14.1. The van der Waals surface area contributed by atoms with Crippen molar-refractivity contribution in [3.8, 4) is 17.6 Å². The monoisotopic (exact) mass is 558 g/mol. The Balaban J connectivity index is 1.85. The van der Waals surface area contributed by atoms with E-state index in [4.69, 9.17) is 9.47 Å². The molecule has 0 aliphatic rings. The fourth-order valence-corrected chi connectivity index (χ4v) is 3.87. The van der Waals surface area contributed by atoms with Crippen molar-refractivity contribution in [2.24, 2.45) is 0 Å². The van der Waals surface area contributed by atoms with Crippen LogP contribution in [0.4, 0.5) is 5.69 Å². The van der Waals surface area contributed by atoms with Gasteiger partial charge in [0.15, 0.2) is 11.5 Å². The van der Waals surface area contributed by atoms with Gasteiger partial charge in [0.05, 0.1) is 21.3 Å². The summed E-state index contributed by atoms with van der Waals surface area (Å²) in [5.41, 5.74) is 2.60. The normalized spacial score (nSPS) is 11.1. The van der Waals surface area contributed by atoms with Crippen LogP contribution in [0.3, 0.4) is 0 Å². The summed E-state index contributed by atoms with van der Waals surface area (Å²) in [5, 5.41) is 24.5. The van der Waals surface area contributed by atoms with Crippen LogP contribution in [-0.2, 0) is 6.61 Å². The molecule has 1 heterocycles. The molecule has 0 radical (unpaired) electrons. The summed E-state index contributed by atoms with van der Waals surface area (Å²) in [4.78, 5) is 23.1. The van der Waals surface area contributed by atoms with Gasteiger partial charge in [0.2, 0.25) is 0 Å². The van der Waals surface area contributed by atoms with E-state index in [9.17, 15) is 20.2 Å². The van der Waals surface area contributed by atoms with E-state index in [0.717, 1.165) is 5.56 Å². The number of allylic oxidation sites excluding steroid dienone is 1. The molecule has 0 aliphatic heterocycles. The maximum absolute atomic E-state index is 12.8. The van der Waals surface area contributed by atoms with E-state index in [0.29, 0.717) is 32.0 Å². The van der Waals surface area contributed by atoms with E-state index in [2.05, 4.69) is 27.7 Å². The van der Waals surface area contributed by atoms with Gasteiger partial charge in [-0.3, -0.25) is 14.9 Å². The van der Waals surface area contributed by atoms with Gasteiger partial charge in [-0.2, -0.15) is 10.4 Å². The standard InChI is InChI=1S/C23H19IN4O5/c1-14-8-15(2)27(26-14)23(29)18(12-25)9-17-10-20(24)22(21(11-17)32-3)33-13-16-4-6-19(7-5-16)28(30)31/h4-11H,13H2,1-3H3/b18-9+. The molecule has 9 nitrogen and oxygen atoms in total. The van der Waals surface area contributed by atoms with Crippen LogP contribution in [-0.4, -0.2) is 27.7 Å². The van der Waals surface area contributed by atoms with Gasteiger partial charge in [0.1, 0.15) is 18.2 Å². The lowest BCUT2D eigenvalue weighted by Gasteiger charge is -2.14. The average molecular weight is 558 g/mol. The third-order valence-corrected chi connectivity index (χ3v) is 5.45. The van der Waals surface area contributed by atoms with Crippen molar-refractivity contribution in [3.05, 3.63) is 84.2 Å². The number of nitrogens with zero attached hydrogens (tertiary/aromatic N) is 4. The molecule has 10 heteroatoms. The van der Waals surface area contributed by atoms with Crippen LogP contribution in [0.2, 0.25) is 0 Å². The van der Waals surface area contributed by atoms with E-state index < -0.39 is 10.8 Å². The lowest BCUT2D eigenvalue weighted by Crippen LogP contribution is -2.15. The lowest BCUT2D eigenvalue weighted by molar-refractivity contribution is -0.384. The van der Waals surface area contributed by atoms with Gasteiger partial charge < -0.3 is 9.47 Å². The minimum absolute atomic E-state index is 0.00496. The number of methoxy groups -OCH3 is 1. The predicted molar refractivity (Wildman–Crippen MR) is 129 cm³/mol. The van der Waals surface area contributed by atoms with E-state index in [-0.39, 0.29) is 17.9 Å². The SMILES string of the molecule is COc1cc(/C=C(\C#N)C(=O)n2nc(C)cc2C)cc(I)c1OCc1ccc([N+](=O)[O-])cc1. The van der Waals surface area contributed by atoms with Crippen LogP contribution in [0.1, 0.15) is 27.3 Å². The quantitative estimate of drug-likeness (QED) is 0.134. The van der Waals surface area contributed by atoms with Gasteiger partial charge in [0, 0.05) is 17.8 Å². The van der Waals surface area contributed by atoms with Gasteiger partial charge in [-0.25, -0.2) is 4.68 Å². The number of nitro benzene ring substituents is 1. The zero-order valence-electron chi connectivity index (χ0n) is 18.0. The van der Waals surface area contributed by atoms with Crippen LogP contribution in [0.25, 0.3) is 6.08 Å². The number of ether oxygens (including phenoxy) is 2. The van der Waals surface area contributed by atoms with Gasteiger partial charge in [-0.1, -0.05) is 0 Å². The number of non-ortho nitro benzene ring substituents is 1. The molecule has 0 bridgehead atoms. The van der Waals surface area contributed by atoms with Crippen LogP contribution < -0.4 is 9.47 Å². The Kier molecular flexibility index (Phi) is 7.44. The molecule has 168 valence electrons. The highest BCUT2D eigenvalue weighted by Crippen LogP contribution is 2.35. The molecular weight excluding hydrogens is 539 g/mol. The highest BCUT2D eigenvalue weighted by atomic mass is 127. The molecule has 33 heavy (non-hydrogen) atoms. The zero-order chi connectivity index (χ0) is 24.1. The molecule has 1 aromatic heterocycles. The number of carbonyl (C=O) groups is 1. The summed E-state index contributed by atoms with van der Waals surface area (Å²) < 4.78 is 13.3. The number of aryl methyl sites for hydroxylation is 2. The number of aromatic nitrogens is 2. The van der Waals surface area contributed by atoms with Crippen molar-refractivity contribution < 1.29 is 19.2 Å². The first kappa shape index (κ1) is 23.9. The molecule has 0 spiro atoms. The molecule has 3 rings (SSSR count). The number of halogens is 1. The van der Waals surface area contributed by atoms with Gasteiger partial charge in [0.25, 0.3) is 11.6 Å². The van der Waals surface area contributed by atoms with E-state index in [1.165, 1.54) is 30.0 Å². The lowest BCUT2D eigenvalue weighted by atomic mass is 10.1. The Morgan fingerprint density at radius 1 is 1.27 bits per heavy atom. The van der Waals surface area contributed by atoms with E-state index in [1.807, 2.05) is 6.07 Å². The largest absolute Gasteiger partial charge is 0.493 e. The summed E-state index contributed by atoms with van der Waals surface area (Å²) in [6, 6.07) is 13.2. The number of nitro groups is 1. The van der Waals surface area contributed by atoms with Crippen LogP contribution >= 0.6 is 22.6 Å². The van der Waals surface area contributed by atoms with Crippen molar-refractivity contribution >= 4 is 40.3 Å². The van der Waals surface area contributed by atoms with Crippen LogP contribution in [0.5, 0.6) is 11.5 Å². The van der Waals surface area contributed by atoms with Crippen molar-refractivity contribution in [2.75, 3.05) is 7.11 Å². The second-order valence-corrected chi connectivity index (χ2v) is 8.22. The third kappa shape index (κ3) is 5.56. The number of benzene rings is 2. The Bertz CT molecular complexity index is 1290. The predicted octanol–water partition coefficient (Wildman–Crippen LogP) is 4.85. The Labute approximate surface area is 203 Å².